The molecule has 0 fully saturated rings. The molecule has 22 heavy (non-hydrogen) atoms. The first-order valence-corrected chi connectivity index (χ1v) is 7.64. The van der Waals surface area contributed by atoms with Gasteiger partial charge in [0, 0.05) is 0 Å². The summed E-state index contributed by atoms with van der Waals surface area (Å²) < 4.78 is 5.30. The first-order valence-electron chi connectivity index (χ1n) is 7.64. The van der Waals surface area contributed by atoms with Crippen LogP contribution in [0.1, 0.15) is 23.2 Å². The Balaban J connectivity index is 1.84. The van der Waals surface area contributed by atoms with Gasteiger partial charge in [0.1, 0.15) is 0 Å². The number of hydrogen-bond acceptors (Lipinski definition) is 3. The fourth-order valence-corrected chi connectivity index (χ4v) is 2.21. The number of esters is 1. The highest BCUT2D eigenvalue weighted by Gasteiger charge is 2.07. The third-order valence-electron chi connectivity index (χ3n) is 3.46. The van der Waals surface area contributed by atoms with E-state index in [-0.39, 0.29) is 5.97 Å². The lowest BCUT2D eigenvalue weighted by Gasteiger charge is -2.09. The van der Waals surface area contributed by atoms with Crippen molar-refractivity contribution in [2.45, 2.75) is 12.8 Å². The van der Waals surface area contributed by atoms with Gasteiger partial charge in [-0.2, -0.15) is 0 Å². The molecule has 2 aromatic rings. The molecule has 0 heterocycles. The number of ether oxygens (including phenoxy) is 1. The SMILES string of the molecule is CN(C)CCCCOC(=O)c1ccc(-c2ccccc2)cc1. The minimum absolute atomic E-state index is 0.246. The van der Waals surface area contributed by atoms with Crippen molar-refractivity contribution in [2.75, 3.05) is 27.2 Å². The quantitative estimate of drug-likeness (QED) is 0.574. The topological polar surface area (TPSA) is 29.5 Å². The fourth-order valence-electron chi connectivity index (χ4n) is 2.21. The van der Waals surface area contributed by atoms with Gasteiger partial charge in [-0.05, 0) is 56.7 Å². The van der Waals surface area contributed by atoms with Gasteiger partial charge in [0.25, 0.3) is 0 Å². The van der Waals surface area contributed by atoms with Crippen molar-refractivity contribution in [3.8, 4) is 11.1 Å². The minimum Gasteiger partial charge on any atom is -0.462 e. The number of unbranched alkanes of at least 4 members (excludes halogenated alkanes) is 1. The Morgan fingerprint density at radius 1 is 0.909 bits per heavy atom. The summed E-state index contributed by atoms with van der Waals surface area (Å²) in [6, 6.07) is 17.7. The zero-order valence-corrected chi connectivity index (χ0v) is 13.3. The van der Waals surface area contributed by atoms with Gasteiger partial charge in [0.05, 0.1) is 12.2 Å². The van der Waals surface area contributed by atoms with Gasteiger partial charge < -0.3 is 9.64 Å². The second-order valence-electron chi connectivity index (χ2n) is 5.59. The van der Waals surface area contributed by atoms with E-state index in [1.807, 2.05) is 56.6 Å². The monoisotopic (exact) mass is 297 g/mol. The Hall–Kier alpha value is -2.13. The number of nitrogens with zero attached hydrogens (tertiary/aromatic N) is 1. The van der Waals surface area contributed by atoms with Crippen LogP contribution in [0.5, 0.6) is 0 Å². The minimum atomic E-state index is -0.246. The number of rotatable bonds is 7. The molecule has 0 saturated carbocycles. The Morgan fingerprint density at radius 3 is 2.18 bits per heavy atom. The van der Waals surface area contributed by atoms with Crippen LogP contribution in [0.4, 0.5) is 0 Å². The van der Waals surface area contributed by atoms with Crippen molar-refractivity contribution in [2.24, 2.45) is 0 Å². The third-order valence-corrected chi connectivity index (χ3v) is 3.46. The molecule has 3 nitrogen and oxygen atoms in total. The van der Waals surface area contributed by atoms with Crippen molar-refractivity contribution in [3.63, 3.8) is 0 Å². The van der Waals surface area contributed by atoms with Crippen LogP contribution in [-0.2, 0) is 4.74 Å². The van der Waals surface area contributed by atoms with E-state index >= 15 is 0 Å². The number of hydrogen-bond donors (Lipinski definition) is 0. The van der Waals surface area contributed by atoms with Crippen LogP contribution in [0.2, 0.25) is 0 Å². The van der Waals surface area contributed by atoms with Gasteiger partial charge in [-0.1, -0.05) is 42.5 Å². The van der Waals surface area contributed by atoms with E-state index in [0.717, 1.165) is 30.5 Å². The van der Waals surface area contributed by atoms with Crippen LogP contribution in [-0.4, -0.2) is 38.1 Å². The van der Waals surface area contributed by atoms with Crippen LogP contribution < -0.4 is 0 Å². The predicted octanol–water partition coefficient (Wildman–Crippen LogP) is 3.85. The molecule has 0 aliphatic heterocycles. The normalized spacial score (nSPS) is 10.7. The molecule has 0 saturated heterocycles. The van der Waals surface area contributed by atoms with Crippen molar-refractivity contribution in [1.82, 2.24) is 4.90 Å². The van der Waals surface area contributed by atoms with Gasteiger partial charge in [-0.3, -0.25) is 0 Å². The maximum atomic E-state index is 12.0. The Bertz CT molecular complexity index is 576. The first-order chi connectivity index (χ1) is 10.7. The third kappa shape index (κ3) is 5.01. The molecule has 0 spiro atoms. The number of benzene rings is 2. The standard InChI is InChI=1S/C19H23NO2/c1-20(2)14-6-7-15-22-19(21)18-12-10-17(11-13-18)16-8-4-3-5-9-16/h3-5,8-13H,6-7,14-15H2,1-2H3. The number of carbonyl (C=O) groups is 1. The zero-order valence-electron chi connectivity index (χ0n) is 13.3. The summed E-state index contributed by atoms with van der Waals surface area (Å²) in [5, 5.41) is 0. The van der Waals surface area contributed by atoms with Crippen LogP contribution >= 0.6 is 0 Å². The fraction of sp³-hybridized carbons (Fsp3) is 0.316. The van der Waals surface area contributed by atoms with Crippen LogP contribution in [0.25, 0.3) is 11.1 Å². The highest BCUT2D eigenvalue weighted by molar-refractivity contribution is 5.90. The molecule has 0 atom stereocenters. The second-order valence-corrected chi connectivity index (χ2v) is 5.59. The van der Waals surface area contributed by atoms with Crippen molar-refractivity contribution < 1.29 is 9.53 Å². The summed E-state index contributed by atoms with van der Waals surface area (Å²) in [6.07, 6.45) is 1.93. The number of carbonyl (C=O) groups excluding carboxylic acids is 1. The Morgan fingerprint density at radius 2 is 1.55 bits per heavy atom. The molecule has 0 bridgehead atoms. The van der Waals surface area contributed by atoms with Crippen LogP contribution in [0.15, 0.2) is 54.6 Å². The molecule has 2 rings (SSSR count). The highest BCUT2D eigenvalue weighted by Crippen LogP contribution is 2.19. The lowest BCUT2D eigenvalue weighted by Crippen LogP contribution is -2.14. The summed E-state index contributed by atoms with van der Waals surface area (Å²) in [5.74, 6) is -0.246. The average molecular weight is 297 g/mol. The van der Waals surface area contributed by atoms with Crippen molar-refractivity contribution >= 4 is 5.97 Å². The maximum absolute atomic E-state index is 12.0. The van der Waals surface area contributed by atoms with Gasteiger partial charge in [0.15, 0.2) is 0 Å². The van der Waals surface area contributed by atoms with E-state index in [4.69, 9.17) is 4.74 Å². The van der Waals surface area contributed by atoms with E-state index in [1.54, 1.807) is 0 Å². The second kappa shape index (κ2) is 8.35. The van der Waals surface area contributed by atoms with Gasteiger partial charge in [-0.25, -0.2) is 4.79 Å². The summed E-state index contributed by atoms with van der Waals surface area (Å²) in [6.45, 7) is 1.50. The van der Waals surface area contributed by atoms with Crippen molar-refractivity contribution in [3.05, 3.63) is 60.2 Å². The molecular formula is C19H23NO2. The molecule has 0 radical (unpaired) electrons. The van der Waals surface area contributed by atoms with E-state index in [2.05, 4.69) is 17.0 Å². The average Bonchev–Trinajstić information content (AvgIpc) is 2.55. The summed E-state index contributed by atoms with van der Waals surface area (Å²) >= 11 is 0. The van der Waals surface area contributed by atoms with E-state index in [9.17, 15) is 4.79 Å². The summed E-state index contributed by atoms with van der Waals surface area (Å²) in [5.41, 5.74) is 2.85. The molecule has 116 valence electrons. The van der Waals surface area contributed by atoms with Gasteiger partial charge in [0.2, 0.25) is 0 Å². The molecule has 0 N–H and O–H groups in total. The van der Waals surface area contributed by atoms with Crippen LogP contribution in [0.3, 0.4) is 0 Å². The van der Waals surface area contributed by atoms with E-state index < -0.39 is 0 Å². The molecule has 0 unspecified atom stereocenters. The van der Waals surface area contributed by atoms with E-state index in [0.29, 0.717) is 12.2 Å². The Kier molecular flexibility index (Phi) is 6.16. The molecule has 0 aliphatic carbocycles. The maximum Gasteiger partial charge on any atom is 0.338 e. The molecule has 2 aromatic carbocycles. The first kappa shape index (κ1) is 16.2. The summed E-state index contributed by atoms with van der Waals surface area (Å²) in [7, 11) is 4.08. The zero-order chi connectivity index (χ0) is 15.8. The molecule has 3 heteroatoms. The Labute approximate surface area is 132 Å². The van der Waals surface area contributed by atoms with Gasteiger partial charge in [-0.15, -0.1) is 0 Å². The molecule has 0 amide bonds. The van der Waals surface area contributed by atoms with Crippen molar-refractivity contribution in [1.29, 1.82) is 0 Å². The lowest BCUT2D eigenvalue weighted by molar-refractivity contribution is 0.0496. The molecule has 0 aliphatic rings. The predicted molar refractivity (Wildman–Crippen MR) is 89.9 cm³/mol. The van der Waals surface area contributed by atoms with Gasteiger partial charge >= 0.3 is 5.97 Å². The summed E-state index contributed by atoms with van der Waals surface area (Å²) in [4.78, 5) is 14.1. The van der Waals surface area contributed by atoms with Crippen LogP contribution in [0, 0.1) is 0 Å². The van der Waals surface area contributed by atoms with E-state index in [1.165, 1.54) is 0 Å². The smallest absolute Gasteiger partial charge is 0.338 e. The molecule has 0 aromatic heterocycles. The largest absolute Gasteiger partial charge is 0.462 e. The highest BCUT2D eigenvalue weighted by atomic mass is 16.5. The lowest BCUT2D eigenvalue weighted by atomic mass is 10.0. The molecular weight excluding hydrogens is 274 g/mol.